The molecule has 0 saturated heterocycles. The molecule has 0 radical (unpaired) electrons. The third-order valence-electron chi connectivity index (χ3n) is 19.4. The zero-order chi connectivity index (χ0) is 102. The smallest absolute Gasteiger partial charge is 0.333 e. The average molecular weight is 1930 g/mol. The van der Waals surface area contributed by atoms with Gasteiger partial charge < -0.3 is 49.3 Å². The summed E-state index contributed by atoms with van der Waals surface area (Å²) in [6, 6.07) is 18.6. The number of hydrogen-bond donors (Lipinski definition) is 4. The lowest BCUT2D eigenvalue weighted by Gasteiger charge is -2.22. The number of rotatable bonds is 50. The van der Waals surface area contributed by atoms with Crippen molar-refractivity contribution < 1.29 is 89.0 Å². The standard InChI is InChI=1S/C31H39N5O8S.C29H35N5O8S.C26H26N8O4S.C8H14O/c1-6-10-11-23(7-2)21-36-30(39)26(20-32)22(5)29(31(36)40)34-33-24-12-14-25(15-13-24)45(41,42)35(16-18-43-27(37)8-3)17-19-44-28(38)9-4;1-7-8-13-34-26(35)24(18-30)21(6)25(27(34)36)32-31-22-9-11-23(12-10-22)43(39,40)33(14-16-41-28(37)19(2)3)15-17-42-29(38)20(4)5;1-14(2)25(35)37-10-8-30-21-18(12-27)16(5)20(22(32-21)31-9-11-38-26(36)15(3)4)33-34-24-19(13-28)17(6)23(29-7)39-24;1-3-5-6-7-8(9)4-2/h8-9,12-15,23,39H,3-4,6-7,10-11,16-19,21H2,1-2,5H3;9-12,35H,2,4,7-8,13-17H2,1,3,5-6H3;1,3,8-11H2,2,4-6H3,(H2,30,31,32);4H,2-3,5-7H2,1H3. The molecule has 724 valence electrons. The molecule has 0 fully saturated rings. The Morgan fingerprint density at radius 3 is 1.28 bits per heavy atom. The first-order valence-electron chi connectivity index (χ1n) is 42.6. The minimum Gasteiger partial charge on any atom is -0.493 e. The third kappa shape index (κ3) is 35.3. The van der Waals surface area contributed by atoms with Gasteiger partial charge in [0.05, 0.1) is 52.0 Å². The van der Waals surface area contributed by atoms with Gasteiger partial charge in [0.25, 0.3) is 11.1 Å². The van der Waals surface area contributed by atoms with Gasteiger partial charge in [0.2, 0.25) is 36.8 Å². The summed E-state index contributed by atoms with van der Waals surface area (Å²) in [6.45, 7) is 50.5. The molecule has 0 aliphatic carbocycles. The molecule has 0 spiro atoms. The number of anilines is 2. The molecule has 6 aromatic rings. The Morgan fingerprint density at radius 1 is 0.515 bits per heavy atom. The number of sulfonamides is 2. The maximum atomic E-state index is 13.4. The molecule has 39 nitrogen and oxygen atoms in total. The summed E-state index contributed by atoms with van der Waals surface area (Å²) < 4.78 is 87.9. The highest BCUT2D eigenvalue weighted by Crippen LogP contribution is 2.43. The first kappa shape index (κ1) is 115. The SMILES string of the molecule is C=C(C)C(=O)OCCN(CCOC(=O)C(=C)C)S(=O)(=O)c1ccc(N=Nc2c(C)c(C#N)c(O)n(CCCC)c2=O)cc1.C=CC(=O)CCCCC.C=CC(=O)OCCN(CCOC(=O)C=C)S(=O)(=O)c1ccc(N=Nc2c(C)c(C#N)c(O)n(CC(CC)CCCC)c2=O)cc1.[C-]#[N+]c1sc(N=Nc2c(NCCOC(=O)C(=C)C)nc(NCCOC(=O)C(=C)C)c(C#N)c2C)c(C#N)c1C. The quantitative estimate of drug-likeness (QED) is 0.00688. The van der Waals surface area contributed by atoms with Crippen molar-refractivity contribution in [3.05, 3.63) is 212 Å². The Hall–Kier alpha value is -14.9. The number of nitriles is 4. The van der Waals surface area contributed by atoms with E-state index in [9.17, 15) is 91.2 Å². The number of aromatic nitrogens is 3. The van der Waals surface area contributed by atoms with E-state index in [1.54, 1.807) is 13.8 Å². The summed E-state index contributed by atoms with van der Waals surface area (Å²) in [5.41, 5.74) is 1.57. The fraction of sp³-hybridized carbons (Fsp3) is 0.394. The Morgan fingerprint density at radius 2 is 0.897 bits per heavy atom. The lowest BCUT2D eigenvalue weighted by molar-refractivity contribution is -0.140. The van der Waals surface area contributed by atoms with Crippen molar-refractivity contribution >= 4 is 123 Å². The number of nitrogens with zero attached hydrogens (tertiary/aromatic N) is 16. The highest BCUT2D eigenvalue weighted by molar-refractivity contribution is 7.89. The number of nitrogens with one attached hydrogen (secondary N) is 2. The zero-order valence-electron chi connectivity index (χ0n) is 78.4. The van der Waals surface area contributed by atoms with Crippen molar-refractivity contribution in [3.8, 4) is 36.0 Å². The van der Waals surface area contributed by atoms with E-state index in [1.807, 2.05) is 32.1 Å². The molecule has 2 aromatic carbocycles. The molecule has 0 aliphatic heterocycles. The van der Waals surface area contributed by atoms with Gasteiger partial charge >= 0.3 is 35.8 Å². The van der Waals surface area contributed by atoms with Crippen LogP contribution >= 0.6 is 11.3 Å². The summed E-state index contributed by atoms with van der Waals surface area (Å²) >= 11 is 1.03. The average Bonchev–Trinajstić information content (AvgIpc) is 1.83. The number of unbranched alkanes of at least 4 members (excludes halogenated alkanes) is 4. The number of carbonyl (C=O) groups is 7. The van der Waals surface area contributed by atoms with Gasteiger partial charge in [0.15, 0.2) is 23.0 Å². The Balaban J connectivity index is 0.000000502. The largest absolute Gasteiger partial charge is 0.493 e. The number of ketones is 1. The molecule has 0 aliphatic rings. The number of ether oxygens (including phenoxy) is 6. The summed E-state index contributed by atoms with van der Waals surface area (Å²) in [5.74, 6) is -4.00. The van der Waals surface area contributed by atoms with E-state index >= 15 is 0 Å². The van der Waals surface area contributed by atoms with Gasteiger partial charge in [-0.3, -0.25) is 23.5 Å². The molecule has 136 heavy (non-hydrogen) atoms. The molecule has 4 N–H and O–H groups in total. The number of hydrogen-bond acceptors (Lipinski definition) is 35. The fourth-order valence-electron chi connectivity index (χ4n) is 11.5. The molecule has 42 heteroatoms. The highest BCUT2D eigenvalue weighted by Gasteiger charge is 2.30. The number of allylic oxidation sites excluding steroid dienone is 1. The molecular weight excluding hydrogens is 1810 g/mol. The van der Waals surface area contributed by atoms with Crippen LogP contribution in [0.1, 0.15) is 164 Å². The van der Waals surface area contributed by atoms with Gasteiger partial charge in [0, 0.05) is 96.8 Å². The van der Waals surface area contributed by atoms with E-state index in [1.165, 1.54) is 103 Å². The third-order valence-corrected chi connectivity index (χ3v) is 24.3. The van der Waals surface area contributed by atoms with E-state index in [-0.39, 0.29) is 214 Å². The van der Waals surface area contributed by atoms with E-state index < -0.39 is 78.7 Å². The van der Waals surface area contributed by atoms with Crippen LogP contribution in [-0.4, -0.2) is 170 Å². The summed E-state index contributed by atoms with van der Waals surface area (Å²) in [6.07, 6.45) is 12.3. The van der Waals surface area contributed by atoms with Crippen LogP contribution in [0, 0.1) is 85.5 Å². The normalized spacial score (nSPS) is 11.1. The van der Waals surface area contributed by atoms with Crippen LogP contribution in [0.3, 0.4) is 0 Å². The predicted octanol–water partition coefficient (Wildman–Crippen LogP) is 16.8. The van der Waals surface area contributed by atoms with Crippen LogP contribution in [0.5, 0.6) is 11.8 Å². The van der Waals surface area contributed by atoms with Crippen LogP contribution in [0.2, 0.25) is 0 Å². The second-order valence-corrected chi connectivity index (χ2v) is 34.6. The Kier molecular flexibility index (Phi) is 49.9. The molecule has 1 unspecified atom stereocenters. The van der Waals surface area contributed by atoms with Crippen molar-refractivity contribution in [3.63, 3.8) is 0 Å². The number of pyridine rings is 3. The molecule has 4 aromatic heterocycles. The van der Waals surface area contributed by atoms with Crippen molar-refractivity contribution in [2.75, 3.05) is 89.5 Å². The van der Waals surface area contributed by atoms with Crippen LogP contribution < -0.4 is 21.8 Å². The highest BCUT2D eigenvalue weighted by atomic mass is 32.2. The monoisotopic (exact) mass is 1930 g/mol. The molecule has 4 heterocycles. The maximum Gasteiger partial charge on any atom is 0.333 e. The topological polar surface area (TPSA) is 545 Å². The lowest BCUT2D eigenvalue weighted by Crippen LogP contribution is -2.37. The molecular formula is C94H114N18O21S3. The van der Waals surface area contributed by atoms with E-state index in [4.69, 9.17) is 35.0 Å². The first-order valence-corrected chi connectivity index (χ1v) is 46.3. The first-order chi connectivity index (χ1) is 64.5. The van der Waals surface area contributed by atoms with Gasteiger partial charge in [-0.05, 0) is 141 Å². The van der Waals surface area contributed by atoms with Crippen molar-refractivity contribution in [2.45, 2.75) is 170 Å². The van der Waals surface area contributed by atoms with E-state index in [2.05, 4.69) is 117 Å². The summed E-state index contributed by atoms with van der Waals surface area (Å²) in [5, 5.41) is 91.0. The van der Waals surface area contributed by atoms with Gasteiger partial charge in [-0.2, -0.15) is 39.9 Å². The van der Waals surface area contributed by atoms with Gasteiger partial charge in [-0.1, -0.05) is 112 Å². The van der Waals surface area contributed by atoms with Crippen LogP contribution in [-0.2, 0) is 95.1 Å². The van der Waals surface area contributed by atoms with Crippen LogP contribution in [0.15, 0.2) is 185 Å². The second kappa shape index (κ2) is 58.9. The second-order valence-electron chi connectivity index (χ2n) is 29.7. The van der Waals surface area contributed by atoms with Crippen LogP contribution in [0.4, 0.5) is 50.1 Å². The fourth-order valence-corrected chi connectivity index (χ4v) is 15.2. The molecule has 1 atom stereocenters. The van der Waals surface area contributed by atoms with E-state index in [0.29, 0.717) is 29.0 Å². The van der Waals surface area contributed by atoms with Gasteiger partial charge in [-0.25, -0.2) is 55.4 Å². The number of carbonyl (C=O) groups excluding carboxylic acids is 7. The maximum absolute atomic E-state index is 13.4. The summed E-state index contributed by atoms with van der Waals surface area (Å²) in [4.78, 5) is 114. The van der Waals surface area contributed by atoms with Crippen LogP contribution in [0.25, 0.3) is 4.85 Å². The summed E-state index contributed by atoms with van der Waals surface area (Å²) in [7, 11) is -8.29. The van der Waals surface area contributed by atoms with Crippen molar-refractivity contribution in [1.82, 2.24) is 22.7 Å². The van der Waals surface area contributed by atoms with Crippen molar-refractivity contribution in [2.24, 2.45) is 36.6 Å². The Bertz CT molecular complexity index is 6020. The predicted molar refractivity (Wildman–Crippen MR) is 510 cm³/mol. The van der Waals surface area contributed by atoms with Gasteiger partial charge in [0.1, 0.15) is 91.6 Å². The number of aromatic hydroxyl groups is 2. The number of azo groups is 3. The minimum absolute atomic E-state index is 0.000310. The number of esters is 6. The molecule has 0 amide bonds. The number of thiophene rings is 1. The van der Waals surface area contributed by atoms with E-state index in [0.717, 1.165) is 86.2 Å². The minimum atomic E-state index is -4.15. The molecule has 0 saturated carbocycles. The van der Waals surface area contributed by atoms with Crippen molar-refractivity contribution in [1.29, 1.82) is 21.0 Å². The number of benzene rings is 2. The molecule has 0 bridgehead atoms. The Labute approximate surface area is 795 Å². The molecule has 6 rings (SSSR count). The van der Waals surface area contributed by atoms with Gasteiger partial charge in [-0.15, -0.1) is 31.8 Å². The zero-order valence-corrected chi connectivity index (χ0v) is 80.8. The lowest BCUT2D eigenvalue weighted by atomic mass is 9.99.